The van der Waals surface area contributed by atoms with E-state index in [0.29, 0.717) is 23.7 Å². The third-order valence-electron chi connectivity index (χ3n) is 3.99. The van der Waals surface area contributed by atoms with Gasteiger partial charge in [0.05, 0.1) is 12.6 Å². The first-order chi connectivity index (χ1) is 9.78. The van der Waals surface area contributed by atoms with Crippen LogP contribution in [0, 0.1) is 12.8 Å². The molecule has 0 aromatic carbocycles. The number of rotatable bonds is 3. The van der Waals surface area contributed by atoms with Crippen molar-refractivity contribution >= 4 is 11.3 Å². The fourth-order valence-corrected chi connectivity index (χ4v) is 3.77. The monoisotopic (exact) mass is 292 g/mol. The maximum atomic E-state index is 6.09. The van der Waals surface area contributed by atoms with Crippen LogP contribution in [0.2, 0.25) is 0 Å². The largest absolute Gasteiger partial charge is 0.365 e. The molecule has 0 radical (unpaired) electrons. The Morgan fingerprint density at radius 2 is 2.40 bits per heavy atom. The van der Waals surface area contributed by atoms with Gasteiger partial charge < -0.3 is 9.26 Å². The predicted octanol–water partition coefficient (Wildman–Crippen LogP) is 1.80. The quantitative estimate of drug-likeness (QED) is 0.859. The van der Waals surface area contributed by atoms with E-state index < -0.39 is 0 Å². The van der Waals surface area contributed by atoms with E-state index in [1.807, 2.05) is 18.5 Å². The topological polar surface area (TPSA) is 64.3 Å². The number of fused-ring (bicyclic) bond motifs is 1. The van der Waals surface area contributed by atoms with Crippen LogP contribution in [0.5, 0.6) is 0 Å². The van der Waals surface area contributed by atoms with Gasteiger partial charge in [-0.3, -0.25) is 4.90 Å². The molecule has 3 atom stereocenters. The third-order valence-corrected chi connectivity index (χ3v) is 4.75. The molecule has 2 aromatic rings. The minimum Gasteiger partial charge on any atom is -0.365 e. The standard InChI is InChI=1S/C13H16N4O2S/c1-8-15-13(16-19-8)10-4-9-5-17(6-11(9)18-10)7-12-14-2-3-20-12/h2-3,9-11H,4-7H2,1H3/t9-,10-,11+/m0/s1. The van der Waals surface area contributed by atoms with Crippen molar-refractivity contribution in [2.45, 2.75) is 32.1 Å². The Morgan fingerprint density at radius 1 is 1.45 bits per heavy atom. The average molecular weight is 292 g/mol. The maximum Gasteiger partial charge on any atom is 0.223 e. The molecule has 2 aromatic heterocycles. The lowest BCUT2D eigenvalue weighted by molar-refractivity contribution is 0.0314. The van der Waals surface area contributed by atoms with E-state index in [0.717, 1.165) is 26.1 Å². The molecule has 20 heavy (non-hydrogen) atoms. The SMILES string of the molecule is Cc1nc([C@@H]2C[C@H]3CN(Cc4nccs4)C[C@H]3O2)no1. The summed E-state index contributed by atoms with van der Waals surface area (Å²) >= 11 is 1.71. The van der Waals surface area contributed by atoms with Gasteiger partial charge in [0.2, 0.25) is 11.7 Å². The first-order valence-electron chi connectivity index (χ1n) is 6.84. The highest BCUT2D eigenvalue weighted by molar-refractivity contribution is 7.09. The lowest BCUT2D eigenvalue weighted by Gasteiger charge is -2.16. The Balaban J connectivity index is 1.38. The molecule has 0 bridgehead atoms. The third kappa shape index (κ3) is 2.25. The van der Waals surface area contributed by atoms with Crippen LogP contribution in [0.4, 0.5) is 0 Å². The summed E-state index contributed by atoms with van der Waals surface area (Å²) in [5.41, 5.74) is 0. The van der Waals surface area contributed by atoms with Crippen molar-refractivity contribution in [1.29, 1.82) is 0 Å². The molecular formula is C13H16N4O2S. The van der Waals surface area contributed by atoms with Gasteiger partial charge in [-0.05, 0) is 6.42 Å². The minimum absolute atomic E-state index is 0.00413. The Kier molecular flexibility index (Phi) is 3.05. The smallest absolute Gasteiger partial charge is 0.223 e. The van der Waals surface area contributed by atoms with Crippen LogP contribution < -0.4 is 0 Å². The Morgan fingerprint density at radius 3 is 3.10 bits per heavy atom. The summed E-state index contributed by atoms with van der Waals surface area (Å²) in [4.78, 5) is 11.0. The summed E-state index contributed by atoms with van der Waals surface area (Å²) < 4.78 is 11.1. The molecular weight excluding hydrogens is 276 g/mol. The number of hydrogen-bond acceptors (Lipinski definition) is 7. The predicted molar refractivity (Wildman–Crippen MR) is 72.1 cm³/mol. The van der Waals surface area contributed by atoms with Crippen LogP contribution in [0.25, 0.3) is 0 Å². The van der Waals surface area contributed by atoms with Crippen LogP contribution in [0.3, 0.4) is 0 Å². The fraction of sp³-hybridized carbons (Fsp3) is 0.615. The number of aryl methyl sites for hydroxylation is 1. The van der Waals surface area contributed by atoms with Gasteiger partial charge in [0.25, 0.3) is 0 Å². The highest BCUT2D eigenvalue weighted by Crippen LogP contribution is 2.40. The lowest BCUT2D eigenvalue weighted by Crippen LogP contribution is -2.23. The van der Waals surface area contributed by atoms with Gasteiger partial charge in [-0.2, -0.15) is 4.98 Å². The molecule has 0 saturated carbocycles. The van der Waals surface area contributed by atoms with Crippen molar-refractivity contribution in [3.63, 3.8) is 0 Å². The van der Waals surface area contributed by atoms with Gasteiger partial charge in [0.15, 0.2) is 0 Å². The van der Waals surface area contributed by atoms with E-state index in [2.05, 4.69) is 20.0 Å². The van der Waals surface area contributed by atoms with Crippen LogP contribution >= 0.6 is 11.3 Å². The minimum atomic E-state index is 0.00413. The fourth-order valence-electron chi connectivity index (χ4n) is 3.11. The van der Waals surface area contributed by atoms with E-state index in [4.69, 9.17) is 9.26 Å². The first kappa shape index (κ1) is 12.4. The zero-order valence-corrected chi connectivity index (χ0v) is 12.0. The highest BCUT2D eigenvalue weighted by Gasteiger charge is 2.43. The summed E-state index contributed by atoms with van der Waals surface area (Å²) in [5.74, 6) is 1.87. The van der Waals surface area contributed by atoms with Gasteiger partial charge in [0, 0.05) is 37.5 Å². The first-order valence-corrected chi connectivity index (χ1v) is 7.72. The van der Waals surface area contributed by atoms with Crippen molar-refractivity contribution in [1.82, 2.24) is 20.0 Å². The van der Waals surface area contributed by atoms with Crippen molar-refractivity contribution in [2.75, 3.05) is 13.1 Å². The van der Waals surface area contributed by atoms with Gasteiger partial charge >= 0.3 is 0 Å². The molecule has 2 fully saturated rings. The number of thiazole rings is 1. The molecule has 4 heterocycles. The number of hydrogen-bond donors (Lipinski definition) is 0. The van der Waals surface area contributed by atoms with Crippen LogP contribution in [-0.2, 0) is 11.3 Å². The highest BCUT2D eigenvalue weighted by atomic mass is 32.1. The van der Waals surface area contributed by atoms with Crippen LogP contribution in [0.1, 0.15) is 29.2 Å². The molecule has 0 amide bonds. The van der Waals surface area contributed by atoms with Gasteiger partial charge in [-0.1, -0.05) is 5.16 Å². The molecule has 0 spiro atoms. The molecule has 0 unspecified atom stereocenters. The second kappa shape index (κ2) is 4.91. The molecule has 4 rings (SSSR count). The summed E-state index contributed by atoms with van der Waals surface area (Å²) in [7, 11) is 0. The molecule has 0 aliphatic carbocycles. The van der Waals surface area contributed by atoms with Gasteiger partial charge in [0.1, 0.15) is 11.1 Å². The number of ether oxygens (including phenoxy) is 1. The lowest BCUT2D eigenvalue weighted by atomic mass is 10.0. The van der Waals surface area contributed by atoms with Gasteiger partial charge in [-0.25, -0.2) is 4.98 Å². The Hall–Kier alpha value is -1.31. The second-order valence-corrected chi connectivity index (χ2v) is 6.43. The Labute approximate surface area is 120 Å². The summed E-state index contributed by atoms with van der Waals surface area (Å²) in [6.45, 7) is 4.78. The molecule has 0 N–H and O–H groups in total. The normalized spacial score (nSPS) is 29.9. The molecule has 2 aliphatic rings. The van der Waals surface area contributed by atoms with Crippen molar-refractivity contribution in [3.8, 4) is 0 Å². The summed E-state index contributed by atoms with van der Waals surface area (Å²) in [6.07, 6.45) is 3.14. The maximum absolute atomic E-state index is 6.09. The van der Waals surface area contributed by atoms with E-state index in [1.165, 1.54) is 5.01 Å². The van der Waals surface area contributed by atoms with Crippen LogP contribution in [-0.4, -0.2) is 39.2 Å². The van der Waals surface area contributed by atoms with Crippen LogP contribution in [0.15, 0.2) is 16.1 Å². The molecule has 7 heteroatoms. The number of aromatic nitrogens is 3. The zero-order valence-electron chi connectivity index (χ0n) is 11.2. The average Bonchev–Trinajstić information content (AvgIpc) is 3.12. The van der Waals surface area contributed by atoms with E-state index in [1.54, 1.807) is 11.3 Å². The van der Waals surface area contributed by atoms with Crippen molar-refractivity contribution in [2.24, 2.45) is 5.92 Å². The van der Waals surface area contributed by atoms with Crippen molar-refractivity contribution < 1.29 is 9.26 Å². The Bertz CT molecular complexity index is 571. The molecule has 2 aliphatic heterocycles. The number of likely N-dealkylation sites (tertiary alicyclic amines) is 1. The summed E-state index contributed by atoms with van der Waals surface area (Å²) in [6, 6.07) is 0. The molecule has 2 saturated heterocycles. The number of nitrogens with zero attached hydrogens (tertiary/aromatic N) is 4. The zero-order chi connectivity index (χ0) is 13.5. The van der Waals surface area contributed by atoms with Gasteiger partial charge in [-0.15, -0.1) is 11.3 Å². The second-order valence-electron chi connectivity index (χ2n) is 5.45. The van der Waals surface area contributed by atoms with E-state index >= 15 is 0 Å². The van der Waals surface area contributed by atoms with Crippen molar-refractivity contribution in [3.05, 3.63) is 28.3 Å². The molecule has 6 nitrogen and oxygen atoms in total. The molecule has 106 valence electrons. The summed E-state index contributed by atoms with van der Waals surface area (Å²) in [5, 5.41) is 7.17. The van der Waals surface area contributed by atoms with E-state index in [9.17, 15) is 0 Å². The van der Waals surface area contributed by atoms with E-state index in [-0.39, 0.29) is 6.10 Å².